The molecule has 10 atom stereocenters. The molecule has 10 unspecified atom stereocenters. The molecule has 0 spiro atoms. The summed E-state index contributed by atoms with van der Waals surface area (Å²) in [6, 6.07) is -1.35. The Bertz CT molecular complexity index is 741. The molecule has 1 aromatic rings. The molecule has 1 aliphatic carbocycles. The summed E-state index contributed by atoms with van der Waals surface area (Å²) >= 11 is 0. The molecule has 1 saturated carbocycles. The Kier molecular flexibility index (Phi) is 6.40. The number of nitrogens with zero attached hydrogens (tertiary/aromatic N) is 1. The molecule has 0 radical (unpaired) electrons. The van der Waals surface area contributed by atoms with Gasteiger partial charge < -0.3 is 55.6 Å². The van der Waals surface area contributed by atoms with Crippen LogP contribution < -0.4 is 16.0 Å². The van der Waals surface area contributed by atoms with E-state index in [0.717, 1.165) is 5.69 Å². The van der Waals surface area contributed by atoms with Crippen molar-refractivity contribution in [1.29, 1.82) is 0 Å². The quantitative estimate of drug-likeness (QED) is 0.222. The Morgan fingerprint density at radius 3 is 2.52 bits per heavy atom. The number of aromatic nitrogens is 2. The Balaban J connectivity index is 1.58. The number of aliphatic hydroxyl groups is 4. The fourth-order valence-corrected chi connectivity index (χ4v) is 5.01. The molecule has 1 aromatic heterocycles. The molecule has 2 saturated heterocycles. The van der Waals surface area contributed by atoms with Gasteiger partial charge in [0.2, 0.25) is 12.1 Å². The molecular weight excluding hydrogens is 410 g/mol. The van der Waals surface area contributed by atoms with E-state index in [9.17, 15) is 20.4 Å². The minimum atomic E-state index is -2.22. The fraction of sp³-hybridized carbons (Fsp3) is 0.842. The van der Waals surface area contributed by atoms with E-state index < -0.39 is 60.3 Å². The van der Waals surface area contributed by atoms with Crippen LogP contribution in [0.25, 0.3) is 0 Å². The molecule has 4 rings (SSSR count). The number of aromatic amines is 1. The summed E-state index contributed by atoms with van der Waals surface area (Å²) in [5, 5.41) is 53.6. The largest absolute Gasteiger partial charge is 0.390 e. The van der Waals surface area contributed by atoms with Gasteiger partial charge in [0.1, 0.15) is 23.9 Å². The van der Waals surface area contributed by atoms with E-state index in [1.165, 1.54) is 0 Å². The molecule has 8 N–H and O–H groups in total. The second kappa shape index (κ2) is 8.63. The minimum absolute atomic E-state index is 0.0120. The van der Waals surface area contributed by atoms with Crippen molar-refractivity contribution in [2.24, 2.45) is 0 Å². The van der Waals surface area contributed by atoms with E-state index in [4.69, 9.17) is 14.2 Å². The molecule has 3 aliphatic rings. The predicted molar refractivity (Wildman–Crippen MR) is 107 cm³/mol. The molecule has 12 heteroatoms. The second-order valence-electron chi connectivity index (χ2n) is 8.68. The summed E-state index contributed by atoms with van der Waals surface area (Å²) in [4.78, 5) is 6.92. The first-order chi connectivity index (χ1) is 14.7. The van der Waals surface area contributed by atoms with Crippen LogP contribution >= 0.6 is 0 Å². The number of fused-ring (bicyclic) bond motifs is 2. The van der Waals surface area contributed by atoms with Crippen LogP contribution in [0.2, 0.25) is 0 Å². The molecule has 2 aliphatic heterocycles. The third kappa shape index (κ3) is 3.80. The van der Waals surface area contributed by atoms with Gasteiger partial charge in [-0.1, -0.05) is 0 Å². The van der Waals surface area contributed by atoms with Crippen molar-refractivity contribution in [3.63, 3.8) is 0 Å². The van der Waals surface area contributed by atoms with Crippen LogP contribution in [0.4, 0.5) is 0 Å². The van der Waals surface area contributed by atoms with E-state index in [0.29, 0.717) is 6.54 Å². The van der Waals surface area contributed by atoms with E-state index in [-0.39, 0.29) is 13.0 Å². The normalized spacial score (nSPS) is 47.6. The number of imidazole rings is 1. The predicted octanol–water partition coefficient (Wildman–Crippen LogP) is -3.25. The summed E-state index contributed by atoms with van der Waals surface area (Å²) < 4.78 is 17.8. The first kappa shape index (κ1) is 23.0. The van der Waals surface area contributed by atoms with E-state index >= 15 is 0 Å². The van der Waals surface area contributed by atoms with Gasteiger partial charge in [-0.15, -0.1) is 0 Å². The van der Waals surface area contributed by atoms with Gasteiger partial charge in [-0.2, -0.15) is 0 Å². The lowest BCUT2D eigenvalue weighted by Gasteiger charge is -2.60. The summed E-state index contributed by atoms with van der Waals surface area (Å²) in [6.07, 6.45) is -2.42. The van der Waals surface area contributed by atoms with Crippen molar-refractivity contribution in [2.75, 3.05) is 20.6 Å². The third-order valence-electron chi connectivity index (χ3n) is 6.64. The van der Waals surface area contributed by atoms with Crippen molar-refractivity contribution < 1.29 is 34.6 Å². The number of aliphatic hydroxyl groups excluding tert-OH is 2. The first-order valence-corrected chi connectivity index (χ1v) is 10.6. The highest BCUT2D eigenvalue weighted by Crippen LogP contribution is 2.46. The van der Waals surface area contributed by atoms with Crippen LogP contribution in [0.5, 0.6) is 0 Å². The SMILES string of the molecule is CNC1C(O)C(NC)C2OC3(O)C(OC(C)CC3(O)CNCc3cnc[nH]3)OC2C1O. The highest BCUT2D eigenvalue weighted by molar-refractivity contribution is 5.12. The van der Waals surface area contributed by atoms with E-state index in [1.54, 1.807) is 33.5 Å². The monoisotopic (exact) mass is 443 g/mol. The molecule has 3 heterocycles. The van der Waals surface area contributed by atoms with Gasteiger partial charge >= 0.3 is 0 Å². The lowest BCUT2D eigenvalue weighted by Crippen LogP contribution is -2.81. The van der Waals surface area contributed by atoms with Crippen LogP contribution in [-0.4, -0.2) is 111 Å². The highest BCUT2D eigenvalue weighted by atomic mass is 16.8. The first-order valence-electron chi connectivity index (χ1n) is 10.6. The Morgan fingerprint density at radius 2 is 1.87 bits per heavy atom. The van der Waals surface area contributed by atoms with Gasteiger partial charge in [0, 0.05) is 31.4 Å². The van der Waals surface area contributed by atoms with Crippen LogP contribution in [0.3, 0.4) is 0 Å². The summed E-state index contributed by atoms with van der Waals surface area (Å²) in [7, 11) is 3.28. The lowest BCUT2D eigenvalue weighted by molar-refractivity contribution is -0.482. The van der Waals surface area contributed by atoms with Crippen molar-refractivity contribution in [3.8, 4) is 0 Å². The topological polar surface area (TPSA) is 173 Å². The number of ether oxygens (including phenoxy) is 3. The number of likely N-dealkylation sites (N-methyl/N-ethyl adjacent to an activating group) is 2. The van der Waals surface area contributed by atoms with Gasteiger partial charge in [0.05, 0.1) is 30.6 Å². The maximum Gasteiger partial charge on any atom is 0.249 e. The van der Waals surface area contributed by atoms with Gasteiger partial charge in [-0.25, -0.2) is 4.98 Å². The average Bonchev–Trinajstić information content (AvgIpc) is 3.22. The highest BCUT2D eigenvalue weighted by Gasteiger charge is 2.68. The zero-order valence-corrected chi connectivity index (χ0v) is 17.9. The lowest BCUT2D eigenvalue weighted by atomic mass is 9.77. The number of hydrogen-bond acceptors (Lipinski definition) is 11. The van der Waals surface area contributed by atoms with Gasteiger partial charge in [-0.3, -0.25) is 0 Å². The number of H-pyrrole nitrogens is 1. The zero-order valence-electron chi connectivity index (χ0n) is 17.9. The average molecular weight is 444 g/mol. The van der Waals surface area contributed by atoms with Crippen LogP contribution in [0, 0.1) is 0 Å². The van der Waals surface area contributed by atoms with Crippen LogP contribution in [0.15, 0.2) is 12.5 Å². The van der Waals surface area contributed by atoms with Crippen LogP contribution in [-0.2, 0) is 20.8 Å². The smallest absolute Gasteiger partial charge is 0.249 e. The summed E-state index contributed by atoms with van der Waals surface area (Å²) in [5.74, 6) is -2.22. The van der Waals surface area contributed by atoms with Crippen molar-refractivity contribution in [3.05, 3.63) is 18.2 Å². The number of nitrogens with one attached hydrogen (secondary N) is 4. The third-order valence-corrected chi connectivity index (χ3v) is 6.64. The standard InChI is InChI=1S/C19H33N5O7/c1-9-4-18(27,7-22-5-10-6-23-8-24-10)19(28)17(29-9)30-16-14(26)11(20-2)13(25)12(21-3)15(16)31-19/h6,8-9,11-17,20-22,25-28H,4-5,7H2,1-3H3,(H,23,24). The summed E-state index contributed by atoms with van der Waals surface area (Å²) in [5.41, 5.74) is -0.936. The summed E-state index contributed by atoms with van der Waals surface area (Å²) in [6.45, 7) is 2.15. The maximum absolute atomic E-state index is 11.5. The van der Waals surface area contributed by atoms with Crippen molar-refractivity contribution >= 4 is 0 Å². The molecule has 0 bridgehead atoms. The molecular formula is C19H33N5O7. The van der Waals surface area contributed by atoms with Crippen molar-refractivity contribution in [2.45, 2.75) is 80.2 Å². The van der Waals surface area contributed by atoms with E-state index in [1.807, 2.05) is 0 Å². The minimum Gasteiger partial charge on any atom is -0.390 e. The second-order valence-corrected chi connectivity index (χ2v) is 8.68. The maximum atomic E-state index is 11.5. The molecule has 0 aromatic carbocycles. The van der Waals surface area contributed by atoms with E-state index in [2.05, 4.69) is 25.9 Å². The van der Waals surface area contributed by atoms with Gasteiger partial charge in [0.25, 0.3) is 0 Å². The molecule has 0 amide bonds. The van der Waals surface area contributed by atoms with Gasteiger partial charge in [-0.05, 0) is 21.0 Å². The zero-order chi connectivity index (χ0) is 22.4. The number of hydrogen-bond donors (Lipinski definition) is 8. The molecule has 176 valence electrons. The Labute approximate surface area is 180 Å². The molecule has 3 fully saturated rings. The molecule has 31 heavy (non-hydrogen) atoms. The van der Waals surface area contributed by atoms with Gasteiger partial charge in [0.15, 0.2) is 0 Å². The fourth-order valence-electron chi connectivity index (χ4n) is 5.01. The Hall–Kier alpha value is -1.19. The molecule has 12 nitrogen and oxygen atoms in total. The van der Waals surface area contributed by atoms with Crippen LogP contribution in [0.1, 0.15) is 19.0 Å². The van der Waals surface area contributed by atoms with Crippen molar-refractivity contribution in [1.82, 2.24) is 25.9 Å². The number of rotatable bonds is 6. The Morgan fingerprint density at radius 1 is 1.13 bits per heavy atom.